The lowest BCUT2D eigenvalue weighted by molar-refractivity contribution is 0.316. The molecule has 0 saturated heterocycles. The Morgan fingerprint density at radius 1 is 1.58 bits per heavy atom. The van der Waals surface area contributed by atoms with E-state index in [1.165, 1.54) is 0 Å². The summed E-state index contributed by atoms with van der Waals surface area (Å²) in [4.78, 5) is 1.12. The van der Waals surface area contributed by atoms with Crippen LogP contribution in [0.25, 0.3) is 0 Å². The van der Waals surface area contributed by atoms with Crippen LogP contribution in [0.4, 0.5) is 8.39 Å². The second-order valence-electron chi connectivity index (χ2n) is 1.63. The minimum atomic E-state index is -4.80. The van der Waals surface area contributed by atoms with E-state index in [9.17, 15) is 17.5 Å². The smallest absolute Gasteiger partial charge is 0.289 e. The molecule has 0 aromatic heterocycles. The highest BCUT2D eigenvalue weighted by atomic mass is 127. The van der Waals surface area contributed by atoms with Gasteiger partial charge in [-0.25, -0.2) is 4.57 Å². The molecular weight excluding hydrogens is 325 g/mol. The second-order valence-corrected chi connectivity index (χ2v) is 8.29. The summed E-state index contributed by atoms with van der Waals surface area (Å²) in [5.41, 5.74) is 0. The molecule has 2 unspecified atom stereocenters. The lowest BCUT2D eigenvalue weighted by Crippen LogP contribution is -2.00. The fraction of sp³-hybridized carbons (Fsp3) is 0.333. The molecule has 0 saturated carbocycles. The largest absolute Gasteiger partial charge is 0.451 e. The third-order valence-electron chi connectivity index (χ3n) is 0.594. The average Bonchev–Trinajstić information content (AvgIpc) is 1.78. The molecule has 0 heterocycles. The van der Waals surface area contributed by atoms with E-state index in [2.05, 4.69) is 11.1 Å². The number of nitrogens with one attached hydrogen (secondary N) is 1. The molecular formula is C3H6F2INO3P2. The Morgan fingerprint density at radius 3 is 2.42 bits per heavy atom. The lowest BCUT2D eigenvalue weighted by Gasteiger charge is -2.08. The molecule has 0 radical (unpaired) electrons. The van der Waals surface area contributed by atoms with Crippen LogP contribution in [0.15, 0.2) is 12.7 Å². The summed E-state index contributed by atoms with van der Waals surface area (Å²) in [7, 11) is -4.80. The molecule has 2 atom stereocenters. The zero-order chi connectivity index (χ0) is 9.83. The first kappa shape index (κ1) is 12.7. The Kier molecular flexibility index (Phi) is 5.10. The van der Waals surface area contributed by atoms with E-state index in [1.807, 2.05) is 0 Å². The summed E-state index contributed by atoms with van der Waals surface area (Å²) >= 11 is 0.813. The van der Waals surface area contributed by atoms with Crippen molar-refractivity contribution in [2.45, 2.75) is 0 Å². The Bertz CT molecular complexity index is 254. The standard InChI is InChI=1S/C3H6F2INO3P2/c1-2-3-10-12(5,9)7-11(4,6)8/h2H,1,3H2,(H,7,8,9). The van der Waals surface area contributed by atoms with Gasteiger partial charge in [0, 0.05) is 22.0 Å². The van der Waals surface area contributed by atoms with Gasteiger partial charge in [-0.3, -0.25) is 9.09 Å². The molecule has 0 aliphatic carbocycles. The van der Waals surface area contributed by atoms with Crippen LogP contribution >= 0.6 is 35.1 Å². The minimum Gasteiger partial charge on any atom is -0.289 e. The highest BCUT2D eigenvalue weighted by molar-refractivity contribution is 14.2. The molecule has 0 aliphatic heterocycles. The highest BCUT2D eigenvalue weighted by Gasteiger charge is 2.31. The number of halogens is 3. The first-order chi connectivity index (χ1) is 5.27. The maximum Gasteiger partial charge on any atom is 0.451 e. The third kappa shape index (κ3) is 7.36. The SMILES string of the molecule is C=CCOP(=O)(F)NP(=O)(F)I. The van der Waals surface area contributed by atoms with Gasteiger partial charge < -0.3 is 0 Å². The molecule has 0 amide bonds. The topological polar surface area (TPSA) is 55.4 Å². The fourth-order valence-electron chi connectivity index (χ4n) is 0.316. The summed E-state index contributed by atoms with van der Waals surface area (Å²) in [6.45, 7) is 2.81. The van der Waals surface area contributed by atoms with Crippen molar-refractivity contribution in [2.75, 3.05) is 6.61 Å². The molecule has 1 N–H and O–H groups in total. The van der Waals surface area contributed by atoms with Crippen molar-refractivity contribution in [1.82, 2.24) is 4.86 Å². The second kappa shape index (κ2) is 4.81. The molecule has 0 fully saturated rings. The maximum atomic E-state index is 12.5. The average molecular weight is 331 g/mol. The Labute approximate surface area is 81.4 Å². The van der Waals surface area contributed by atoms with Gasteiger partial charge in [0.2, 0.25) is 0 Å². The van der Waals surface area contributed by atoms with Crippen LogP contribution in [-0.2, 0) is 13.7 Å². The van der Waals surface area contributed by atoms with E-state index in [4.69, 9.17) is 0 Å². The molecule has 4 nitrogen and oxygen atoms in total. The van der Waals surface area contributed by atoms with Gasteiger partial charge >= 0.3 is 13.1 Å². The third-order valence-corrected chi connectivity index (χ3v) is 4.90. The van der Waals surface area contributed by atoms with Crippen LogP contribution in [0, 0.1) is 0 Å². The highest BCUT2D eigenvalue weighted by Crippen LogP contribution is 2.62. The number of hydrogen-bond donors (Lipinski definition) is 1. The van der Waals surface area contributed by atoms with E-state index < -0.39 is 13.1 Å². The van der Waals surface area contributed by atoms with Crippen LogP contribution in [0.3, 0.4) is 0 Å². The molecule has 0 aromatic carbocycles. The quantitative estimate of drug-likeness (QED) is 0.477. The predicted molar refractivity (Wildman–Crippen MR) is 50.7 cm³/mol. The van der Waals surface area contributed by atoms with Crippen LogP contribution in [0.5, 0.6) is 0 Å². The predicted octanol–water partition coefficient (Wildman–Crippen LogP) is 3.37. The van der Waals surface area contributed by atoms with Crippen molar-refractivity contribution >= 4 is 35.1 Å². The van der Waals surface area contributed by atoms with Gasteiger partial charge in [0.15, 0.2) is 0 Å². The first-order valence-electron chi connectivity index (χ1n) is 2.61. The summed E-state index contributed by atoms with van der Waals surface area (Å²) in [6.07, 6.45) is 1.13. The van der Waals surface area contributed by atoms with E-state index in [0.717, 1.165) is 33.0 Å². The van der Waals surface area contributed by atoms with Crippen molar-refractivity contribution in [1.29, 1.82) is 0 Å². The van der Waals surface area contributed by atoms with Crippen molar-refractivity contribution in [3.63, 3.8) is 0 Å². The van der Waals surface area contributed by atoms with Gasteiger partial charge in [-0.1, -0.05) is 6.08 Å². The van der Waals surface area contributed by atoms with E-state index in [-0.39, 0.29) is 6.61 Å². The monoisotopic (exact) mass is 331 g/mol. The molecule has 0 rings (SSSR count). The van der Waals surface area contributed by atoms with Crippen LogP contribution in [0.2, 0.25) is 0 Å². The van der Waals surface area contributed by atoms with Gasteiger partial charge in [0.05, 0.1) is 6.61 Å². The normalized spacial score (nSPS) is 20.9. The summed E-state index contributed by atoms with van der Waals surface area (Å²) in [6, 6.07) is 0. The Morgan fingerprint density at radius 2 is 2.08 bits per heavy atom. The molecule has 12 heavy (non-hydrogen) atoms. The first-order valence-corrected chi connectivity index (χ1v) is 8.51. The van der Waals surface area contributed by atoms with Gasteiger partial charge in [-0.2, -0.15) is 4.20 Å². The number of rotatable bonds is 5. The zero-order valence-corrected chi connectivity index (χ0v) is 9.69. The fourth-order valence-corrected chi connectivity index (χ4v) is 4.28. The van der Waals surface area contributed by atoms with E-state index in [1.54, 1.807) is 0 Å². The molecule has 0 spiro atoms. The molecule has 72 valence electrons. The summed E-state index contributed by atoms with van der Waals surface area (Å²) in [5.74, 6) is 0. The van der Waals surface area contributed by atoms with Crippen molar-refractivity contribution in [3.05, 3.63) is 12.7 Å². The van der Waals surface area contributed by atoms with E-state index in [0.29, 0.717) is 0 Å². The molecule has 0 aromatic rings. The molecule has 9 heteroatoms. The van der Waals surface area contributed by atoms with Crippen molar-refractivity contribution in [3.8, 4) is 0 Å². The van der Waals surface area contributed by atoms with Gasteiger partial charge in [0.25, 0.3) is 0 Å². The molecule has 0 aliphatic rings. The van der Waals surface area contributed by atoms with Gasteiger partial charge in [-0.15, -0.1) is 15.6 Å². The van der Waals surface area contributed by atoms with Crippen LogP contribution in [0.1, 0.15) is 0 Å². The van der Waals surface area contributed by atoms with Crippen molar-refractivity contribution < 1.29 is 22.0 Å². The summed E-state index contributed by atoms with van der Waals surface area (Å²) in [5, 5.41) is -4.40. The Balaban J connectivity index is 4.14. The minimum absolute atomic E-state index is 0.350. The number of hydrogen-bond acceptors (Lipinski definition) is 3. The summed E-state index contributed by atoms with van der Waals surface area (Å²) < 4.78 is 49.6. The van der Waals surface area contributed by atoms with Crippen molar-refractivity contribution in [2.24, 2.45) is 0 Å². The maximum absolute atomic E-state index is 12.5. The lowest BCUT2D eigenvalue weighted by atomic mass is 10.7. The zero-order valence-electron chi connectivity index (χ0n) is 5.74. The Hall–Kier alpha value is 0.710. The van der Waals surface area contributed by atoms with Gasteiger partial charge in [0.1, 0.15) is 0 Å². The van der Waals surface area contributed by atoms with E-state index >= 15 is 0 Å². The molecule has 0 bridgehead atoms. The van der Waals surface area contributed by atoms with Crippen LogP contribution in [-0.4, -0.2) is 6.61 Å². The van der Waals surface area contributed by atoms with Crippen LogP contribution < -0.4 is 4.86 Å². The van der Waals surface area contributed by atoms with Gasteiger partial charge in [-0.05, 0) is 0 Å².